The van der Waals surface area contributed by atoms with Gasteiger partial charge in [0.05, 0.1) is 0 Å². The minimum atomic E-state index is 0.357. The molecule has 4 atom stereocenters. The van der Waals surface area contributed by atoms with Gasteiger partial charge in [0.25, 0.3) is 0 Å². The number of phenols is 1. The molecule has 2 aromatic rings. The first-order chi connectivity index (χ1) is 10.3. The highest BCUT2D eigenvalue weighted by atomic mass is 16.3. The Kier molecular flexibility index (Phi) is 2.24. The van der Waals surface area contributed by atoms with Crippen molar-refractivity contribution in [2.75, 3.05) is 18.0 Å². The number of rotatable bonds is 1. The lowest BCUT2D eigenvalue weighted by molar-refractivity contribution is 0.395. The van der Waals surface area contributed by atoms with Crippen LogP contribution >= 0.6 is 0 Å². The van der Waals surface area contributed by atoms with Gasteiger partial charge in [-0.2, -0.15) is 0 Å². The Hall–Kier alpha value is -1.96. The van der Waals surface area contributed by atoms with Crippen molar-refractivity contribution < 1.29 is 5.11 Å². The summed E-state index contributed by atoms with van der Waals surface area (Å²) in [6, 6.07) is 12.2. The molecular weight excluding hydrogens is 258 g/mol. The number of fused-ring (bicyclic) bond motifs is 6. The normalized spacial score (nSPS) is 33.0. The van der Waals surface area contributed by atoms with Gasteiger partial charge in [0, 0.05) is 24.2 Å². The fourth-order valence-electron chi connectivity index (χ4n) is 4.87. The van der Waals surface area contributed by atoms with Crippen LogP contribution < -0.4 is 4.90 Å². The van der Waals surface area contributed by atoms with Crippen molar-refractivity contribution in [3.05, 3.63) is 48.6 Å². The molecule has 0 spiro atoms. The van der Waals surface area contributed by atoms with Crippen LogP contribution in [0.2, 0.25) is 0 Å². The van der Waals surface area contributed by atoms with Crippen LogP contribution in [0.5, 0.6) is 5.75 Å². The third kappa shape index (κ3) is 1.59. The Balaban J connectivity index is 1.56. The molecule has 2 nitrogen and oxygen atoms in total. The molecule has 2 bridgehead atoms. The molecule has 1 saturated carbocycles. The zero-order chi connectivity index (χ0) is 14.0. The molecule has 0 radical (unpaired) electrons. The van der Waals surface area contributed by atoms with E-state index in [4.69, 9.17) is 0 Å². The van der Waals surface area contributed by atoms with Crippen LogP contribution in [0.15, 0.2) is 48.6 Å². The number of allylic oxidation sites excluding steroid dienone is 2. The Bertz CT molecular complexity index is 730. The van der Waals surface area contributed by atoms with Gasteiger partial charge in [-0.25, -0.2) is 0 Å². The SMILES string of the molecule is Oc1ccc2cccc(N3C[C@@H]4[C@H](C3)[C@@H]3C=C[C@H]4C3)c2c1. The van der Waals surface area contributed by atoms with Gasteiger partial charge in [-0.05, 0) is 53.7 Å². The number of anilines is 1. The monoisotopic (exact) mass is 277 g/mol. The second kappa shape index (κ2) is 4.03. The van der Waals surface area contributed by atoms with Crippen molar-refractivity contribution in [1.29, 1.82) is 0 Å². The second-order valence-corrected chi connectivity index (χ2v) is 6.86. The Labute approximate surface area is 124 Å². The molecule has 0 amide bonds. The lowest BCUT2D eigenvalue weighted by atomic mass is 9.86. The number of aromatic hydroxyl groups is 1. The van der Waals surface area contributed by atoms with Crippen molar-refractivity contribution in [2.24, 2.45) is 23.7 Å². The highest BCUT2D eigenvalue weighted by molar-refractivity contribution is 5.95. The summed E-state index contributed by atoms with van der Waals surface area (Å²) in [5.41, 5.74) is 1.29. The lowest BCUT2D eigenvalue weighted by Crippen LogP contribution is -2.22. The molecule has 1 heterocycles. The summed E-state index contributed by atoms with van der Waals surface area (Å²) in [4.78, 5) is 2.54. The van der Waals surface area contributed by atoms with Gasteiger partial charge in [0.1, 0.15) is 5.75 Å². The molecular formula is C19H19NO. The van der Waals surface area contributed by atoms with Gasteiger partial charge in [0.2, 0.25) is 0 Å². The topological polar surface area (TPSA) is 23.5 Å². The van der Waals surface area contributed by atoms with E-state index in [9.17, 15) is 5.11 Å². The van der Waals surface area contributed by atoms with Crippen molar-refractivity contribution >= 4 is 16.5 Å². The highest BCUT2D eigenvalue weighted by Crippen LogP contribution is 2.52. The maximum atomic E-state index is 9.82. The van der Waals surface area contributed by atoms with Gasteiger partial charge in [0.15, 0.2) is 0 Å². The van der Waals surface area contributed by atoms with Gasteiger partial charge < -0.3 is 10.0 Å². The van der Waals surface area contributed by atoms with Crippen LogP contribution in [0, 0.1) is 23.7 Å². The van der Waals surface area contributed by atoms with Crippen LogP contribution in [0.4, 0.5) is 5.69 Å². The lowest BCUT2D eigenvalue weighted by Gasteiger charge is -2.22. The summed E-state index contributed by atoms with van der Waals surface area (Å²) in [6.07, 6.45) is 6.29. The third-order valence-electron chi connectivity index (χ3n) is 5.85. The summed E-state index contributed by atoms with van der Waals surface area (Å²) in [6.45, 7) is 2.34. The molecule has 21 heavy (non-hydrogen) atoms. The summed E-state index contributed by atoms with van der Waals surface area (Å²) in [7, 11) is 0. The van der Waals surface area contributed by atoms with E-state index in [1.54, 1.807) is 6.07 Å². The fourth-order valence-corrected chi connectivity index (χ4v) is 4.87. The quantitative estimate of drug-likeness (QED) is 0.801. The summed E-state index contributed by atoms with van der Waals surface area (Å²) in [5.74, 6) is 3.66. The number of hydrogen-bond donors (Lipinski definition) is 1. The maximum Gasteiger partial charge on any atom is 0.116 e. The molecule has 2 aliphatic carbocycles. The van der Waals surface area contributed by atoms with Crippen LogP contribution in [0.1, 0.15) is 6.42 Å². The van der Waals surface area contributed by atoms with E-state index in [0.29, 0.717) is 5.75 Å². The maximum absolute atomic E-state index is 9.82. The van der Waals surface area contributed by atoms with Crippen LogP contribution in [-0.4, -0.2) is 18.2 Å². The number of nitrogens with zero attached hydrogens (tertiary/aromatic N) is 1. The number of benzene rings is 2. The van der Waals surface area contributed by atoms with E-state index >= 15 is 0 Å². The predicted octanol–water partition coefficient (Wildman–Crippen LogP) is 3.80. The van der Waals surface area contributed by atoms with Gasteiger partial charge in [-0.1, -0.05) is 30.4 Å². The first-order valence-electron chi connectivity index (χ1n) is 7.94. The summed E-state index contributed by atoms with van der Waals surface area (Å²) < 4.78 is 0. The predicted molar refractivity (Wildman–Crippen MR) is 85.5 cm³/mol. The third-order valence-corrected chi connectivity index (χ3v) is 5.85. The first-order valence-corrected chi connectivity index (χ1v) is 7.94. The first kappa shape index (κ1) is 11.7. The highest BCUT2D eigenvalue weighted by Gasteiger charge is 2.49. The summed E-state index contributed by atoms with van der Waals surface area (Å²) >= 11 is 0. The molecule has 1 aliphatic heterocycles. The Morgan fingerprint density at radius 3 is 2.48 bits per heavy atom. The molecule has 1 saturated heterocycles. The largest absolute Gasteiger partial charge is 0.508 e. The number of phenolic OH excluding ortho intramolecular Hbond substituents is 1. The van der Waals surface area contributed by atoms with E-state index in [2.05, 4.69) is 35.3 Å². The van der Waals surface area contributed by atoms with Crippen molar-refractivity contribution in [3.8, 4) is 5.75 Å². The molecule has 106 valence electrons. The van der Waals surface area contributed by atoms with Crippen molar-refractivity contribution in [2.45, 2.75) is 6.42 Å². The molecule has 2 aromatic carbocycles. The minimum Gasteiger partial charge on any atom is -0.508 e. The number of hydrogen-bond acceptors (Lipinski definition) is 2. The van der Waals surface area contributed by atoms with Gasteiger partial charge in [-0.3, -0.25) is 0 Å². The molecule has 1 N–H and O–H groups in total. The average Bonchev–Trinajstić information content (AvgIpc) is 3.19. The molecule has 0 aromatic heterocycles. The van der Waals surface area contributed by atoms with Gasteiger partial charge >= 0.3 is 0 Å². The smallest absolute Gasteiger partial charge is 0.116 e. The van der Waals surface area contributed by atoms with E-state index in [1.165, 1.54) is 36.0 Å². The summed E-state index contributed by atoms with van der Waals surface area (Å²) in [5, 5.41) is 12.2. The fraction of sp³-hybridized carbons (Fsp3) is 0.368. The second-order valence-electron chi connectivity index (χ2n) is 6.86. The molecule has 2 heteroatoms. The zero-order valence-electron chi connectivity index (χ0n) is 11.9. The molecule has 0 unspecified atom stereocenters. The van der Waals surface area contributed by atoms with Gasteiger partial charge in [-0.15, -0.1) is 0 Å². The molecule has 2 fully saturated rings. The van der Waals surface area contributed by atoms with Crippen molar-refractivity contribution in [1.82, 2.24) is 0 Å². The van der Waals surface area contributed by atoms with E-state index < -0.39 is 0 Å². The average molecular weight is 277 g/mol. The Morgan fingerprint density at radius 2 is 1.71 bits per heavy atom. The van der Waals surface area contributed by atoms with Crippen LogP contribution in [0.25, 0.3) is 10.8 Å². The standard InChI is InChI=1S/C19H19NO/c21-15-7-6-12-2-1-3-19(16(12)9-15)20-10-17-13-4-5-14(8-13)18(17)11-20/h1-7,9,13-14,17-18,21H,8,10-11H2/t13-,14+,17-,18+. The van der Waals surface area contributed by atoms with E-state index in [0.717, 1.165) is 23.7 Å². The van der Waals surface area contributed by atoms with Crippen LogP contribution in [0.3, 0.4) is 0 Å². The van der Waals surface area contributed by atoms with E-state index in [1.807, 2.05) is 12.1 Å². The van der Waals surface area contributed by atoms with E-state index in [-0.39, 0.29) is 0 Å². The zero-order valence-corrected chi connectivity index (χ0v) is 11.9. The van der Waals surface area contributed by atoms with Crippen molar-refractivity contribution in [3.63, 3.8) is 0 Å². The van der Waals surface area contributed by atoms with Crippen LogP contribution in [-0.2, 0) is 0 Å². The minimum absolute atomic E-state index is 0.357. The molecule has 3 aliphatic rings. The molecule has 5 rings (SSSR count). The Morgan fingerprint density at radius 1 is 0.952 bits per heavy atom.